The molecule has 0 aromatic rings. The van der Waals surface area contributed by atoms with Crippen molar-refractivity contribution >= 4 is 17.6 Å². The minimum Gasteiger partial charge on any atom is -0.379 e. The summed E-state index contributed by atoms with van der Waals surface area (Å²) in [6, 6.07) is 0.564. The average molecular weight is 497 g/mol. The molecule has 0 N–H and O–H groups in total. The van der Waals surface area contributed by atoms with Crippen LogP contribution in [0, 0.1) is 0 Å². The summed E-state index contributed by atoms with van der Waals surface area (Å²) < 4.78 is 78.7. The lowest BCUT2D eigenvalue weighted by Crippen LogP contribution is -2.46. The van der Waals surface area contributed by atoms with Crippen LogP contribution < -0.4 is 0 Å². The van der Waals surface area contributed by atoms with Crippen molar-refractivity contribution in [3.05, 3.63) is 0 Å². The third-order valence-electron chi connectivity index (χ3n) is 4.22. The molecular weight excluding hydrogens is 457 g/mol. The fourth-order valence-corrected chi connectivity index (χ4v) is 6.90. The quantitative estimate of drug-likeness (QED) is 0.172. The molecular formula is C18H39F3O8Si2. The van der Waals surface area contributed by atoms with Gasteiger partial charge in [-0.1, -0.05) is 0 Å². The Kier molecular flexibility index (Phi) is 16.5. The minimum atomic E-state index is -4.20. The number of hydrogen-bond donors (Lipinski definition) is 0. The van der Waals surface area contributed by atoms with Crippen LogP contribution in [-0.2, 0) is 36.0 Å². The molecule has 1 aliphatic rings. The van der Waals surface area contributed by atoms with Gasteiger partial charge in [-0.05, 0) is 27.2 Å². The molecule has 0 aliphatic carbocycles. The lowest BCUT2D eigenvalue weighted by Gasteiger charge is -2.28. The SMILES string of the molecule is CCO[Si](CCC(F)(F)F)(OCC)OCC.CO[Si](CCCOCC1CO1)(OC)OC. The normalized spacial score (nSPS) is 16.7. The molecule has 0 saturated carbocycles. The number of halogens is 3. The second kappa shape index (κ2) is 16.5. The van der Waals surface area contributed by atoms with Crippen molar-refractivity contribution in [2.24, 2.45) is 0 Å². The van der Waals surface area contributed by atoms with Gasteiger partial charge in [0.05, 0.1) is 13.2 Å². The zero-order chi connectivity index (χ0) is 23.8. The van der Waals surface area contributed by atoms with Crippen molar-refractivity contribution in [2.45, 2.75) is 58.0 Å². The molecule has 1 saturated heterocycles. The van der Waals surface area contributed by atoms with Gasteiger partial charge in [-0.2, -0.15) is 13.2 Å². The van der Waals surface area contributed by atoms with E-state index in [2.05, 4.69) is 0 Å². The summed E-state index contributed by atoms with van der Waals surface area (Å²) in [5.41, 5.74) is 0. The summed E-state index contributed by atoms with van der Waals surface area (Å²) in [5, 5.41) is 0. The van der Waals surface area contributed by atoms with Gasteiger partial charge in [0, 0.05) is 66.3 Å². The van der Waals surface area contributed by atoms with Crippen molar-refractivity contribution in [3.63, 3.8) is 0 Å². The molecule has 1 fully saturated rings. The van der Waals surface area contributed by atoms with Crippen LogP contribution in [0.2, 0.25) is 12.1 Å². The Morgan fingerprint density at radius 1 is 0.839 bits per heavy atom. The average Bonchev–Trinajstić information content (AvgIpc) is 3.55. The molecule has 0 aromatic heterocycles. The molecule has 8 nitrogen and oxygen atoms in total. The van der Waals surface area contributed by atoms with Crippen molar-refractivity contribution in [2.75, 3.05) is 61.0 Å². The van der Waals surface area contributed by atoms with Crippen LogP contribution in [0.3, 0.4) is 0 Å². The van der Waals surface area contributed by atoms with E-state index < -0.39 is 30.2 Å². The van der Waals surface area contributed by atoms with E-state index in [-0.39, 0.29) is 6.04 Å². The van der Waals surface area contributed by atoms with Gasteiger partial charge in [-0.3, -0.25) is 0 Å². The summed E-state index contributed by atoms with van der Waals surface area (Å²) in [5.74, 6) is 0. The minimum absolute atomic E-state index is 0.216. The van der Waals surface area contributed by atoms with Crippen molar-refractivity contribution in [1.82, 2.24) is 0 Å². The molecule has 1 atom stereocenters. The van der Waals surface area contributed by atoms with Crippen LogP contribution in [0.15, 0.2) is 0 Å². The summed E-state index contributed by atoms with van der Waals surface area (Å²) in [4.78, 5) is 0. The van der Waals surface area contributed by atoms with E-state index in [1.54, 1.807) is 42.1 Å². The van der Waals surface area contributed by atoms with Gasteiger partial charge in [-0.25, -0.2) is 0 Å². The van der Waals surface area contributed by atoms with Crippen LogP contribution in [0.4, 0.5) is 13.2 Å². The van der Waals surface area contributed by atoms with Crippen LogP contribution in [0.1, 0.15) is 33.6 Å². The number of ether oxygens (including phenoxy) is 2. The van der Waals surface area contributed by atoms with Gasteiger partial charge in [0.15, 0.2) is 0 Å². The molecule has 188 valence electrons. The molecule has 0 spiro atoms. The Morgan fingerprint density at radius 2 is 1.32 bits per heavy atom. The lowest BCUT2D eigenvalue weighted by atomic mass is 10.5. The van der Waals surface area contributed by atoms with E-state index in [1.165, 1.54) is 0 Å². The van der Waals surface area contributed by atoms with E-state index >= 15 is 0 Å². The van der Waals surface area contributed by atoms with Gasteiger partial charge in [0.25, 0.3) is 0 Å². The van der Waals surface area contributed by atoms with E-state index in [4.69, 9.17) is 36.0 Å². The van der Waals surface area contributed by atoms with E-state index in [1.807, 2.05) is 0 Å². The molecule has 0 bridgehead atoms. The number of hydrogen-bond acceptors (Lipinski definition) is 8. The highest BCUT2D eigenvalue weighted by molar-refractivity contribution is 6.61. The first kappa shape index (κ1) is 30.9. The summed E-state index contributed by atoms with van der Waals surface area (Å²) >= 11 is 0. The summed E-state index contributed by atoms with van der Waals surface area (Å²) in [6.45, 7) is 8.27. The zero-order valence-corrected chi connectivity index (χ0v) is 21.5. The summed E-state index contributed by atoms with van der Waals surface area (Å²) in [7, 11) is -0.646. The standard InChI is InChI=1S/C9H19F3O3Si.C9H20O5Si/c1-4-13-16(14-5-2,15-6-3)8-7-9(10,11)12;1-10-15(11-2,12-3)6-4-5-13-7-9-8-14-9/h4-8H2,1-3H3;9H,4-8H2,1-3H3. The lowest BCUT2D eigenvalue weighted by molar-refractivity contribution is -0.133. The predicted octanol–water partition coefficient (Wildman–Crippen LogP) is 3.66. The highest BCUT2D eigenvalue weighted by Crippen LogP contribution is 2.28. The first-order chi connectivity index (χ1) is 14.6. The highest BCUT2D eigenvalue weighted by Gasteiger charge is 2.44. The molecule has 0 amide bonds. The Morgan fingerprint density at radius 3 is 1.68 bits per heavy atom. The van der Waals surface area contributed by atoms with Crippen LogP contribution in [0.5, 0.6) is 0 Å². The second-order valence-corrected chi connectivity index (χ2v) is 12.3. The second-order valence-electron chi connectivity index (χ2n) is 6.53. The molecule has 0 radical (unpaired) electrons. The van der Waals surface area contributed by atoms with E-state index in [9.17, 15) is 13.2 Å². The molecule has 13 heteroatoms. The topological polar surface area (TPSA) is 77.1 Å². The maximum atomic E-state index is 12.2. The first-order valence-corrected chi connectivity index (χ1v) is 14.3. The maximum absolute atomic E-state index is 12.2. The smallest absolute Gasteiger partial charge is 0.379 e. The monoisotopic (exact) mass is 496 g/mol. The first-order valence-electron chi connectivity index (χ1n) is 10.5. The number of alkyl halides is 3. The predicted molar refractivity (Wildman–Crippen MR) is 113 cm³/mol. The van der Waals surface area contributed by atoms with Crippen LogP contribution in [-0.4, -0.2) is 90.9 Å². The Balaban J connectivity index is 0.000000581. The van der Waals surface area contributed by atoms with E-state index in [0.29, 0.717) is 39.1 Å². The van der Waals surface area contributed by atoms with Gasteiger partial charge in [0.2, 0.25) is 0 Å². The van der Waals surface area contributed by atoms with Gasteiger partial charge >= 0.3 is 23.8 Å². The Bertz CT molecular complexity index is 413. The highest BCUT2D eigenvalue weighted by atomic mass is 28.4. The molecule has 1 unspecified atom stereocenters. The molecule has 31 heavy (non-hydrogen) atoms. The Hall–Kier alpha value is -0.0962. The molecule has 1 aliphatic heterocycles. The molecule has 0 aromatic carbocycles. The van der Waals surface area contributed by atoms with Crippen molar-refractivity contribution < 1.29 is 49.2 Å². The van der Waals surface area contributed by atoms with Crippen molar-refractivity contribution in [3.8, 4) is 0 Å². The zero-order valence-electron chi connectivity index (χ0n) is 19.5. The molecule has 1 rings (SSSR count). The van der Waals surface area contributed by atoms with Crippen molar-refractivity contribution in [1.29, 1.82) is 0 Å². The third kappa shape index (κ3) is 14.6. The fraction of sp³-hybridized carbons (Fsp3) is 1.00. The number of rotatable bonds is 17. The number of epoxide rings is 1. The third-order valence-corrected chi connectivity index (χ3v) is 10.1. The molecule has 1 heterocycles. The summed E-state index contributed by atoms with van der Waals surface area (Å²) in [6.07, 6.45) is -3.92. The maximum Gasteiger partial charge on any atom is 0.501 e. The largest absolute Gasteiger partial charge is 0.501 e. The van der Waals surface area contributed by atoms with Gasteiger partial charge in [-0.15, -0.1) is 0 Å². The van der Waals surface area contributed by atoms with Gasteiger partial charge in [0.1, 0.15) is 6.10 Å². The van der Waals surface area contributed by atoms with Gasteiger partial charge < -0.3 is 36.0 Å². The van der Waals surface area contributed by atoms with Crippen LogP contribution >= 0.6 is 0 Å². The van der Waals surface area contributed by atoms with E-state index in [0.717, 1.165) is 19.1 Å². The fourth-order valence-electron chi connectivity index (χ4n) is 2.62. The Labute approximate surface area is 186 Å². The van der Waals surface area contributed by atoms with Crippen LogP contribution in [0.25, 0.3) is 0 Å².